The lowest BCUT2D eigenvalue weighted by molar-refractivity contribution is -0.122. The highest BCUT2D eigenvalue weighted by Crippen LogP contribution is 2.06. The van der Waals surface area contributed by atoms with Crippen LogP contribution in [0.1, 0.15) is 21.7 Å². The zero-order valence-electron chi connectivity index (χ0n) is 14.5. The topological polar surface area (TPSA) is 83.7 Å². The van der Waals surface area contributed by atoms with E-state index in [0.29, 0.717) is 17.7 Å². The zero-order chi connectivity index (χ0) is 18.9. The lowest BCUT2D eigenvalue weighted by atomic mass is 10.0. The number of hydrogen-bond donors (Lipinski definition) is 2. The van der Waals surface area contributed by atoms with E-state index in [1.807, 2.05) is 36.4 Å². The van der Waals surface area contributed by atoms with Gasteiger partial charge in [-0.1, -0.05) is 48.5 Å². The fourth-order valence-electron chi connectivity index (χ4n) is 2.49. The van der Waals surface area contributed by atoms with Crippen molar-refractivity contribution in [1.29, 1.82) is 0 Å². The monoisotopic (exact) mass is 361 g/mol. The Hall–Kier alpha value is -3.67. The number of rotatable bonds is 7. The van der Waals surface area contributed by atoms with E-state index in [9.17, 15) is 9.59 Å². The molecule has 2 N–H and O–H groups in total. The fraction of sp³-hybridized carbons (Fsp3) is 0.0952. The van der Waals surface area contributed by atoms with Crippen molar-refractivity contribution in [3.8, 4) is 0 Å². The summed E-state index contributed by atoms with van der Waals surface area (Å²) in [6, 6.07) is 20.9. The molecule has 3 rings (SSSR count). The van der Waals surface area contributed by atoms with Crippen LogP contribution in [0.15, 0.2) is 88.6 Å². The maximum absolute atomic E-state index is 12.6. The Morgan fingerprint density at radius 1 is 0.963 bits per heavy atom. The quantitative estimate of drug-likeness (QED) is 0.501. The molecular weight excluding hydrogens is 342 g/mol. The Kier molecular flexibility index (Phi) is 6.14. The van der Waals surface area contributed by atoms with E-state index in [0.717, 1.165) is 5.56 Å². The molecule has 27 heavy (non-hydrogen) atoms. The highest BCUT2D eigenvalue weighted by molar-refractivity contribution is 5.97. The van der Waals surface area contributed by atoms with Crippen LogP contribution >= 0.6 is 0 Å². The van der Waals surface area contributed by atoms with Crippen LogP contribution in [0.3, 0.4) is 0 Å². The van der Waals surface area contributed by atoms with E-state index < -0.39 is 11.9 Å². The van der Waals surface area contributed by atoms with Gasteiger partial charge in [-0.3, -0.25) is 9.59 Å². The van der Waals surface area contributed by atoms with E-state index in [2.05, 4.69) is 15.8 Å². The summed E-state index contributed by atoms with van der Waals surface area (Å²) in [4.78, 5) is 25.0. The number of carbonyl (C=O) groups is 2. The molecule has 1 heterocycles. The molecule has 0 radical (unpaired) electrons. The molecule has 0 aliphatic heterocycles. The predicted octanol–water partition coefficient (Wildman–Crippen LogP) is 2.77. The highest BCUT2D eigenvalue weighted by atomic mass is 16.3. The summed E-state index contributed by atoms with van der Waals surface area (Å²) < 4.78 is 5.12. The van der Waals surface area contributed by atoms with Crippen molar-refractivity contribution in [3.05, 3.63) is 95.9 Å². The van der Waals surface area contributed by atoms with Crippen molar-refractivity contribution in [3.63, 3.8) is 0 Å². The second-order valence-electron chi connectivity index (χ2n) is 5.83. The fourth-order valence-corrected chi connectivity index (χ4v) is 2.49. The van der Waals surface area contributed by atoms with Gasteiger partial charge in [-0.15, -0.1) is 0 Å². The summed E-state index contributed by atoms with van der Waals surface area (Å²) in [5.74, 6) is -0.212. The minimum absolute atomic E-state index is 0.318. The lowest BCUT2D eigenvalue weighted by Gasteiger charge is -2.17. The largest absolute Gasteiger partial charge is 0.463 e. The second kappa shape index (κ2) is 9.15. The van der Waals surface area contributed by atoms with Gasteiger partial charge in [0.25, 0.3) is 11.8 Å². The summed E-state index contributed by atoms with van der Waals surface area (Å²) in [5.41, 5.74) is 3.87. The number of furan rings is 1. The second-order valence-corrected chi connectivity index (χ2v) is 5.83. The van der Waals surface area contributed by atoms with Crippen LogP contribution in [-0.4, -0.2) is 24.1 Å². The first-order valence-corrected chi connectivity index (χ1v) is 8.48. The van der Waals surface area contributed by atoms with Crippen LogP contribution in [0, 0.1) is 0 Å². The minimum atomic E-state index is -0.770. The number of hydrogen-bond acceptors (Lipinski definition) is 4. The SMILES string of the molecule is O=C(N[C@@H](Cc1ccccc1)C(=O)N/N=C\c1ccco1)c1ccccc1. The van der Waals surface area contributed by atoms with Crippen LogP contribution in [0.5, 0.6) is 0 Å². The number of carbonyl (C=O) groups excluding carboxylic acids is 2. The molecule has 0 aliphatic carbocycles. The van der Waals surface area contributed by atoms with Gasteiger partial charge in [-0.25, -0.2) is 5.43 Å². The molecule has 0 fully saturated rings. The molecule has 136 valence electrons. The van der Waals surface area contributed by atoms with E-state index in [-0.39, 0.29) is 5.91 Å². The van der Waals surface area contributed by atoms with E-state index in [1.165, 1.54) is 12.5 Å². The number of nitrogens with zero attached hydrogens (tertiary/aromatic N) is 1. The summed E-state index contributed by atoms with van der Waals surface area (Å²) in [6.45, 7) is 0. The van der Waals surface area contributed by atoms with Gasteiger partial charge < -0.3 is 9.73 Å². The van der Waals surface area contributed by atoms with Gasteiger partial charge in [0.2, 0.25) is 0 Å². The Labute approximate surface area is 156 Å². The molecule has 1 aromatic heterocycles. The molecule has 0 bridgehead atoms. The molecule has 6 heteroatoms. The number of amides is 2. The number of hydrazone groups is 1. The molecule has 0 saturated carbocycles. The molecule has 0 saturated heterocycles. The lowest BCUT2D eigenvalue weighted by Crippen LogP contribution is -2.46. The van der Waals surface area contributed by atoms with E-state index >= 15 is 0 Å². The van der Waals surface area contributed by atoms with Gasteiger partial charge >= 0.3 is 0 Å². The number of nitrogens with one attached hydrogen (secondary N) is 2. The molecule has 6 nitrogen and oxygen atoms in total. The van der Waals surface area contributed by atoms with Crippen LogP contribution < -0.4 is 10.7 Å². The third-order valence-corrected chi connectivity index (χ3v) is 3.85. The van der Waals surface area contributed by atoms with Crippen LogP contribution in [0.4, 0.5) is 0 Å². The molecule has 3 aromatic rings. The highest BCUT2D eigenvalue weighted by Gasteiger charge is 2.21. The Morgan fingerprint density at radius 2 is 1.67 bits per heavy atom. The molecular formula is C21H19N3O3. The van der Waals surface area contributed by atoms with Crippen molar-refractivity contribution in [2.75, 3.05) is 0 Å². The standard InChI is InChI=1S/C21H19N3O3/c25-20(17-10-5-2-6-11-17)23-19(14-16-8-3-1-4-9-16)21(26)24-22-15-18-12-7-13-27-18/h1-13,15,19H,14H2,(H,23,25)(H,24,26)/b22-15-/t19-/m0/s1. The smallest absolute Gasteiger partial charge is 0.262 e. The van der Waals surface area contributed by atoms with E-state index in [1.54, 1.807) is 36.4 Å². The van der Waals surface area contributed by atoms with Crippen molar-refractivity contribution in [2.45, 2.75) is 12.5 Å². The molecule has 0 unspecified atom stereocenters. The van der Waals surface area contributed by atoms with Gasteiger partial charge in [-0.05, 0) is 29.8 Å². The first-order chi connectivity index (χ1) is 13.2. The average Bonchev–Trinajstić information content (AvgIpc) is 3.22. The first-order valence-electron chi connectivity index (χ1n) is 8.48. The number of benzene rings is 2. The Bertz CT molecular complexity index is 891. The summed E-state index contributed by atoms with van der Waals surface area (Å²) in [7, 11) is 0. The summed E-state index contributed by atoms with van der Waals surface area (Å²) in [6.07, 6.45) is 3.26. The third kappa shape index (κ3) is 5.40. The Balaban J connectivity index is 1.70. The van der Waals surface area contributed by atoms with Crippen LogP contribution in [0.2, 0.25) is 0 Å². The Morgan fingerprint density at radius 3 is 2.33 bits per heavy atom. The average molecular weight is 361 g/mol. The van der Waals surface area contributed by atoms with Crippen molar-refractivity contribution in [2.24, 2.45) is 5.10 Å². The molecule has 0 spiro atoms. The molecule has 0 aliphatic rings. The van der Waals surface area contributed by atoms with Gasteiger partial charge in [0.05, 0.1) is 12.5 Å². The van der Waals surface area contributed by atoms with Crippen molar-refractivity contribution >= 4 is 18.0 Å². The molecule has 2 amide bonds. The van der Waals surface area contributed by atoms with Crippen molar-refractivity contribution < 1.29 is 14.0 Å². The van der Waals surface area contributed by atoms with Gasteiger partial charge in [-0.2, -0.15) is 5.10 Å². The van der Waals surface area contributed by atoms with Crippen molar-refractivity contribution in [1.82, 2.24) is 10.7 Å². The predicted molar refractivity (Wildman–Crippen MR) is 102 cm³/mol. The van der Waals surface area contributed by atoms with Gasteiger partial charge in [0.1, 0.15) is 11.8 Å². The van der Waals surface area contributed by atoms with Crippen LogP contribution in [0.25, 0.3) is 0 Å². The van der Waals surface area contributed by atoms with Gasteiger partial charge in [0.15, 0.2) is 0 Å². The maximum atomic E-state index is 12.6. The summed E-state index contributed by atoms with van der Waals surface area (Å²) in [5, 5.41) is 6.66. The first kappa shape index (κ1) is 18.1. The van der Waals surface area contributed by atoms with Gasteiger partial charge in [0, 0.05) is 12.0 Å². The summed E-state index contributed by atoms with van der Waals surface area (Å²) >= 11 is 0. The maximum Gasteiger partial charge on any atom is 0.262 e. The molecule has 2 aromatic carbocycles. The minimum Gasteiger partial charge on any atom is -0.463 e. The third-order valence-electron chi connectivity index (χ3n) is 3.85. The van der Waals surface area contributed by atoms with Crippen LogP contribution in [-0.2, 0) is 11.2 Å². The zero-order valence-corrected chi connectivity index (χ0v) is 14.5. The van der Waals surface area contributed by atoms with E-state index in [4.69, 9.17) is 4.42 Å². The molecule has 1 atom stereocenters. The normalized spacial score (nSPS) is 11.9.